The predicted molar refractivity (Wildman–Crippen MR) is 223 cm³/mol. The lowest BCUT2D eigenvalue weighted by atomic mass is 9.84. The van der Waals surface area contributed by atoms with Crippen LogP contribution in [0.15, 0.2) is 24.4 Å². The molecule has 2 aliphatic rings. The number of hydrogen-bond acceptors (Lipinski definition) is 11. The first kappa shape index (κ1) is 49.1. The molecule has 58 heavy (non-hydrogen) atoms. The van der Waals surface area contributed by atoms with Gasteiger partial charge in [0, 0.05) is 70.8 Å². The number of nitrogens with zero attached hydrogens (tertiary/aromatic N) is 3. The highest BCUT2D eigenvalue weighted by Crippen LogP contribution is 2.32. The molecule has 3 amide bonds. The lowest BCUT2D eigenvalue weighted by Crippen LogP contribution is -2.54. The van der Waals surface area contributed by atoms with E-state index in [1.165, 1.54) is 7.11 Å². The molecule has 0 radical (unpaired) electrons. The molecule has 1 aromatic heterocycles. The van der Waals surface area contributed by atoms with Gasteiger partial charge in [-0.05, 0) is 62.6 Å². The van der Waals surface area contributed by atoms with Crippen molar-refractivity contribution in [1.29, 1.82) is 0 Å². The number of nitrogens with one attached hydrogen (secondary N) is 2. The summed E-state index contributed by atoms with van der Waals surface area (Å²) in [4.78, 5) is 77.1. The van der Waals surface area contributed by atoms with Crippen LogP contribution >= 0.6 is 0 Å². The van der Waals surface area contributed by atoms with Gasteiger partial charge in [0.25, 0.3) is 0 Å². The Morgan fingerprint density at radius 3 is 2.12 bits per heavy atom. The van der Waals surface area contributed by atoms with Crippen molar-refractivity contribution in [1.82, 2.24) is 24.8 Å². The Labute approximate surface area is 347 Å². The van der Waals surface area contributed by atoms with E-state index in [4.69, 9.17) is 9.47 Å². The molecule has 2 heterocycles. The van der Waals surface area contributed by atoms with Crippen molar-refractivity contribution in [2.24, 2.45) is 35.5 Å². The molecule has 0 aromatic carbocycles. The Kier molecular flexibility index (Phi) is 18.9. The van der Waals surface area contributed by atoms with E-state index >= 15 is 0 Å². The summed E-state index contributed by atoms with van der Waals surface area (Å²) in [6, 6.07) is 3.97. The molecule has 2 fully saturated rings. The molecule has 1 saturated carbocycles. The molecule has 1 aliphatic carbocycles. The van der Waals surface area contributed by atoms with Gasteiger partial charge in [-0.3, -0.25) is 33.7 Å². The molecule has 9 atom stereocenters. The summed E-state index contributed by atoms with van der Waals surface area (Å²) in [6.45, 7) is 14.1. The Hall–Kier alpha value is -3.27. The Morgan fingerprint density at radius 1 is 0.931 bits per heavy atom. The molecule has 3 rings (SSSR count). The maximum Gasteiger partial charge on any atom is 0.237 e. The van der Waals surface area contributed by atoms with Crippen LogP contribution in [0, 0.1) is 35.5 Å². The average Bonchev–Trinajstić information content (AvgIpc) is 3.95. The fourth-order valence-electron chi connectivity index (χ4n) is 8.56. The van der Waals surface area contributed by atoms with E-state index in [1.54, 1.807) is 62.3 Å². The summed E-state index contributed by atoms with van der Waals surface area (Å²) >= 11 is 0. The van der Waals surface area contributed by atoms with Gasteiger partial charge in [-0.25, -0.2) is 8.42 Å². The highest BCUT2D eigenvalue weighted by molar-refractivity contribution is 7.90. The van der Waals surface area contributed by atoms with Crippen molar-refractivity contribution in [2.45, 2.75) is 142 Å². The normalized spacial score (nSPS) is 20.2. The molecule has 15 heteroatoms. The second-order valence-corrected chi connectivity index (χ2v) is 19.2. The minimum absolute atomic E-state index is 0.00879. The first-order valence-electron chi connectivity index (χ1n) is 21.1. The monoisotopic (exact) mass is 833 g/mol. The van der Waals surface area contributed by atoms with E-state index in [1.807, 2.05) is 41.5 Å². The maximum absolute atomic E-state index is 14.3. The van der Waals surface area contributed by atoms with Crippen molar-refractivity contribution in [3.8, 4) is 0 Å². The van der Waals surface area contributed by atoms with Crippen LogP contribution in [-0.4, -0.2) is 123 Å². The number of likely N-dealkylation sites (N-methyl/N-ethyl adjacent to an activating group) is 2. The number of likely N-dealkylation sites (tertiary alicyclic amines) is 1. The smallest absolute Gasteiger partial charge is 0.237 e. The number of rotatable bonds is 25. The van der Waals surface area contributed by atoms with Gasteiger partial charge in [0.05, 0.1) is 47.9 Å². The average molecular weight is 834 g/mol. The molecule has 1 aliphatic heterocycles. The highest BCUT2D eigenvalue weighted by Gasteiger charge is 2.44. The number of ketones is 2. The summed E-state index contributed by atoms with van der Waals surface area (Å²) < 4.78 is 39.6. The van der Waals surface area contributed by atoms with Gasteiger partial charge in [0.15, 0.2) is 5.78 Å². The molecule has 2 N–H and O–H groups in total. The summed E-state index contributed by atoms with van der Waals surface area (Å²) in [5, 5.41) is 2.50. The van der Waals surface area contributed by atoms with Crippen LogP contribution in [0.1, 0.15) is 106 Å². The van der Waals surface area contributed by atoms with E-state index in [9.17, 15) is 32.4 Å². The number of carbonyl (C=O) groups excluding carboxylic acids is 5. The van der Waals surface area contributed by atoms with Crippen molar-refractivity contribution in [3.05, 3.63) is 30.1 Å². The zero-order valence-electron chi connectivity index (χ0n) is 36.7. The minimum Gasteiger partial charge on any atom is -0.379 e. The van der Waals surface area contributed by atoms with E-state index in [0.29, 0.717) is 37.9 Å². The predicted octanol–water partition coefficient (Wildman–Crippen LogP) is 4.20. The van der Waals surface area contributed by atoms with E-state index in [-0.39, 0.29) is 72.9 Å². The van der Waals surface area contributed by atoms with Crippen LogP contribution in [0.5, 0.6) is 0 Å². The molecular formula is C43H71N5O9S. The van der Waals surface area contributed by atoms with Crippen LogP contribution in [0.3, 0.4) is 0 Å². The van der Waals surface area contributed by atoms with Crippen molar-refractivity contribution in [3.63, 3.8) is 0 Å². The summed E-state index contributed by atoms with van der Waals surface area (Å²) in [6.07, 6.45) is 3.16. The number of pyridine rings is 1. The molecule has 1 aromatic rings. The third-order valence-corrected chi connectivity index (χ3v) is 14.3. The lowest BCUT2D eigenvalue weighted by molar-refractivity contribution is -0.149. The second-order valence-electron chi connectivity index (χ2n) is 17.2. The molecule has 0 spiro atoms. The molecule has 1 saturated heterocycles. The van der Waals surface area contributed by atoms with Crippen LogP contribution in [0.4, 0.5) is 0 Å². The molecular weight excluding hydrogens is 763 g/mol. The van der Waals surface area contributed by atoms with Crippen LogP contribution in [0.2, 0.25) is 0 Å². The van der Waals surface area contributed by atoms with Gasteiger partial charge in [-0.1, -0.05) is 61.0 Å². The second kappa shape index (κ2) is 22.4. The van der Waals surface area contributed by atoms with Gasteiger partial charge in [-0.2, -0.15) is 0 Å². The summed E-state index contributed by atoms with van der Waals surface area (Å²) in [5.41, 5.74) is 0.556. The van der Waals surface area contributed by atoms with E-state index in [2.05, 4.69) is 15.0 Å². The fourth-order valence-corrected chi connectivity index (χ4v) is 9.93. The van der Waals surface area contributed by atoms with Crippen molar-refractivity contribution >= 4 is 39.3 Å². The zero-order chi connectivity index (χ0) is 43.5. The largest absolute Gasteiger partial charge is 0.379 e. The van der Waals surface area contributed by atoms with E-state index in [0.717, 1.165) is 6.42 Å². The first-order chi connectivity index (χ1) is 27.3. The molecule has 14 nitrogen and oxygen atoms in total. The summed E-state index contributed by atoms with van der Waals surface area (Å²) in [7, 11) is 2.71. The van der Waals surface area contributed by atoms with Gasteiger partial charge in [0.1, 0.15) is 5.78 Å². The van der Waals surface area contributed by atoms with E-state index < -0.39 is 63.2 Å². The number of methoxy groups -OCH3 is 2. The van der Waals surface area contributed by atoms with Crippen molar-refractivity contribution < 1.29 is 41.9 Å². The van der Waals surface area contributed by atoms with Crippen LogP contribution in [0.25, 0.3) is 0 Å². The van der Waals surface area contributed by atoms with Gasteiger partial charge >= 0.3 is 0 Å². The number of hydrogen-bond donors (Lipinski definition) is 2. The van der Waals surface area contributed by atoms with Crippen LogP contribution in [-0.2, 0) is 49.9 Å². The minimum atomic E-state index is -3.83. The molecule has 0 bridgehead atoms. The van der Waals surface area contributed by atoms with Gasteiger partial charge in [-0.15, -0.1) is 0 Å². The van der Waals surface area contributed by atoms with Crippen molar-refractivity contribution in [2.75, 3.05) is 34.9 Å². The number of aromatic nitrogens is 1. The molecule has 328 valence electrons. The number of carbonyl (C=O) groups is 5. The Balaban J connectivity index is 1.80. The fraction of sp³-hybridized carbons (Fsp3) is 0.767. The topological polar surface area (TPSA) is 181 Å². The number of amides is 3. The van der Waals surface area contributed by atoms with Gasteiger partial charge in [0.2, 0.25) is 27.7 Å². The van der Waals surface area contributed by atoms with Crippen LogP contribution < -0.4 is 10.0 Å². The third kappa shape index (κ3) is 12.9. The number of sulfonamides is 1. The lowest BCUT2D eigenvalue weighted by Gasteiger charge is -2.41. The quantitative estimate of drug-likeness (QED) is 0.144. The molecule has 0 unspecified atom stereocenters. The SMILES string of the molecule is CC[C@H](C)[C@@H]([C@@H](CC(=O)N1CCC[C@H]1[C@H](OC)[C@@H](C)C(=O)C[C@@H](Cc1ccccn1)C(=O)NS(=O)(=O)C1CC1)OC)N(C)C(=O)[C@@H](CC(=O)[C@@H](NC)C(C)C)C(C)C. The van der Waals surface area contributed by atoms with Gasteiger partial charge < -0.3 is 24.6 Å². The zero-order valence-corrected chi connectivity index (χ0v) is 37.5. The first-order valence-corrected chi connectivity index (χ1v) is 22.7. The standard InChI is InChI=1S/C43H71N5O9S/c1-12-28(6)40(47(9)43(53)33(26(2)3)24-36(50)39(44-8)27(4)5)37(56-10)25-38(51)48-21-15-17-34(48)41(57-11)29(7)35(49)23-30(22-31-16-13-14-20-45-31)42(52)46-58(54,55)32-18-19-32/h13-14,16,20,26-30,32-34,37,39-41,44H,12,15,17-19,21-25H2,1-11H3,(H,46,52)/t28-,29-,30+,33-,34-,37+,39-,40-,41+/m0/s1. The number of Topliss-reactive ketones (excluding diaryl/α,β-unsaturated/α-hetero) is 2. The number of ether oxygens (including phenoxy) is 2. The Bertz CT molecular complexity index is 1640. The maximum atomic E-state index is 14.3. The Morgan fingerprint density at radius 2 is 1.60 bits per heavy atom. The summed E-state index contributed by atoms with van der Waals surface area (Å²) in [5.74, 6) is -3.70. The third-order valence-electron chi connectivity index (χ3n) is 12.4. The highest BCUT2D eigenvalue weighted by atomic mass is 32.2.